The molecule has 0 atom stereocenters. The lowest BCUT2D eigenvalue weighted by Crippen LogP contribution is -1.98. The Hall–Kier alpha value is -5.78. The first-order valence-corrected chi connectivity index (χ1v) is 15.9. The fourth-order valence-electron chi connectivity index (χ4n) is 7.13. The molecule has 0 radical (unpaired) electrons. The van der Waals surface area contributed by atoms with E-state index < -0.39 is 0 Å². The zero-order chi connectivity index (χ0) is 29.5. The van der Waals surface area contributed by atoms with Crippen molar-refractivity contribution in [2.75, 3.05) is 0 Å². The normalized spacial score (nSPS) is 12.0. The van der Waals surface area contributed by atoms with Gasteiger partial charge in [0.05, 0.1) is 32.3 Å². The Morgan fingerprint density at radius 2 is 1.04 bits per heavy atom. The second kappa shape index (κ2) is 9.36. The van der Waals surface area contributed by atoms with Crippen LogP contribution < -0.4 is 0 Å². The Balaban J connectivity index is 1.26. The van der Waals surface area contributed by atoms with Crippen LogP contribution in [0.15, 0.2) is 146 Å². The SMILES string of the molecule is c1ccc(-c2ccc(-n3c4ccccc4c4c5c(ccc43)sc3c(-n4c6ccccc6c6ccccc64)ncnc35)cc2)cc1. The van der Waals surface area contributed by atoms with Gasteiger partial charge in [0.15, 0.2) is 5.82 Å². The maximum atomic E-state index is 4.96. The maximum Gasteiger partial charge on any atom is 0.159 e. The second-order valence-corrected chi connectivity index (χ2v) is 12.5. The van der Waals surface area contributed by atoms with Gasteiger partial charge in [0.1, 0.15) is 6.33 Å². The quantitative estimate of drug-likeness (QED) is 0.205. The van der Waals surface area contributed by atoms with E-state index in [1.165, 1.54) is 53.8 Å². The lowest BCUT2D eigenvalue weighted by atomic mass is 10.1. The summed E-state index contributed by atoms with van der Waals surface area (Å²) in [7, 11) is 0. The molecule has 4 aromatic heterocycles. The molecule has 0 spiro atoms. The van der Waals surface area contributed by atoms with Crippen LogP contribution in [0.2, 0.25) is 0 Å². The number of rotatable bonds is 3. The van der Waals surface area contributed by atoms with E-state index in [0.717, 1.165) is 32.8 Å². The topological polar surface area (TPSA) is 35.6 Å². The number of nitrogens with zero attached hydrogens (tertiary/aromatic N) is 4. The summed E-state index contributed by atoms with van der Waals surface area (Å²) >= 11 is 1.78. The van der Waals surface area contributed by atoms with Gasteiger partial charge < -0.3 is 4.57 Å². The molecule has 0 aliphatic rings. The predicted octanol–water partition coefficient (Wildman–Crippen LogP) is 10.7. The van der Waals surface area contributed by atoms with Crippen molar-refractivity contribution in [2.45, 2.75) is 0 Å². The maximum absolute atomic E-state index is 4.96. The Bertz CT molecular complexity index is 2700. The largest absolute Gasteiger partial charge is 0.309 e. The summed E-state index contributed by atoms with van der Waals surface area (Å²) in [6.07, 6.45) is 1.73. The van der Waals surface area contributed by atoms with Crippen molar-refractivity contribution in [3.63, 3.8) is 0 Å². The minimum atomic E-state index is 0.923. The van der Waals surface area contributed by atoms with Crippen molar-refractivity contribution in [2.24, 2.45) is 0 Å². The van der Waals surface area contributed by atoms with E-state index in [9.17, 15) is 0 Å². The van der Waals surface area contributed by atoms with Gasteiger partial charge in [-0.2, -0.15) is 0 Å². The predicted molar refractivity (Wildman–Crippen MR) is 189 cm³/mol. The number of thiophene rings is 1. The van der Waals surface area contributed by atoms with Crippen molar-refractivity contribution in [3.8, 4) is 22.6 Å². The van der Waals surface area contributed by atoms with Crippen LogP contribution in [0.5, 0.6) is 0 Å². The van der Waals surface area contributed by atoms with Crippen LogP contribution in [0, 0.1) is 0 Å². The molecule has 4 heterocycles. The van der Waals surface area contributed by atoms with Gasteiger partial charge in [0.2, 0.25) is 0 Å². The Morgan fingerprint density at radius 3 is 1.76 bits per heavy atom. The second-order valence-electron chi connectivity index (χ2n) is 11.4. The number of fused-ring (bicyclic) bond motifs is 10. The average molecular weight is 593 g/mol. The van der Waals surface area contributed by atoms with Crippen LogP contribution in [0.25, 0.3) is 86.5 Å². The first-order chi connectivity index (χ1) is 22.3. The zero-order valence-electron chi connectivity index (χ0n) is 24.1. The molecule has 0 bridgehead atoms. The van der Waals surface area contributed by atoms with Crippen LogP contribution in [-0.4, -0.2) is 19.1 Å². The summed E-state index contributed by atoms with van der Waals surface area (Å²) in [5.41, 5.74) is 9.22. The summed E-state index contributed by atoms with van der Waals surface area (Å²) in [5, 5.41) is 6.09. The van der Waals surface area contributed by atoms with Crippen LogP contribution in [0.1, 0.15) is 0 Å². The lowest BCUT2D eigenvalue weighted by molar-refractivity contribution is 1.08. The van der Waals surface area contributed by atoms with E-state index >= 15 is 0 Å². The highest BCUT2D eigenvalue weighted by Crippen LogP contribution is 2.45. The number of benzene rings is 6. The molecule has 0 aliphatic carbocycles. The first-order valence-electron chi connectivity index (χ1n) is 15.1. The molecule has 10 aromatic rings. The minimum Gasteiger partial charge on any atom is -0.309 e. The number of hydrogen-bond donors (Lipinski definition) is 0. The molecular formula is C40H24N4S. The molecule has 0 unspecified atom stereocenters. The third kappa shape index (κ3) is 3.47. The van der Waals surface area contributed by atoms with Gasteiger partial charge in [0.25, 0.3) is 0 Å². The van der Waals surface area contributed by atoms with Crippen LogP contribution in [0.4, 0.5) is 0 Å². The summed E-state index contributed by atoms with van der Waals surface area (Å²) in [4.78, 5) is 9.89. The smallest absolute Gasteiger partial charge is 0.159 e. The molecule has 5 heteroatoms. The van der Waals surface area contributed by atoms with E-state index in [1.807, 2.05) is 0 Å². The molecule has 0 saturated carbocycles. The Labute approximate surface area is 262 Å². The van der Waals surface area contributed by atoms with Crippen LogP contribution in [-0.2, 0) is 0 Å². The van der Waals surface area contributed by atoms with Gasteiger partial charge >= 0.3 is 0 Å². The van der Waals surface area contributed by atoms with Gasteiger partial charge in [-0.25, -0.2) is 9.97 Å². The van der Waals surface area contributed by atoms with Gasteiger partial charge in [-0.1, -0.05) is 97.1 Å². The number of para-hydroxylation sites is 3. The molecule has 4 nitrogen and oxygen atoms in total. The summed E-state index contributed by atoms with van der Waals surface area (Å²) < 4.78 is 6.99. The van der Waals surface area contributed by atoms with Crippen LogP contribution >= 0.6 is 11.3 Å². The highest BCUT2D eigenvalue weighted by Gasteiger charge is 2.22. The van der Waals surface area contributed by atoms with E-state index in [1.54, 1.807) is 17.7 Å². The molecule has 0 saturated heterocycles. The third-order valence-electron chi connectivity index (χ3n) is 9.06. The molecule has 0 fully saturated rings. The van der Waals surface area contributed by atoms with Crippen molar-refractivity contribution < 1.29 is 0 Å². The standard InChI is InChI=1S/C40H24N4S/c1-2-10-25(11-3-1)26-18-20-27(21-19-26)43-33-17-9-6-14-30(33)36-34(43)22-23-35-37(36)38-39(45-35)40(42-24-41-38)44-31-15-7-4-12-28(31)29-13-5-8-16-32(29)44/h1-24H. The summed E-state index contributed by atoms with van der Waals surface area (Å²) in [6, 6.07) is 49.9. The third-order valence-corrected chi connectivity index (χ3v) is 10.2. The number of hydrogen-bond acceptors (Lipinski definition) is 3. The van der Waals surface area contributed by atoms with E-state index in [2.05, 4.69) is 149 Å². The minimum absolute atomic E-state index is 0.923. The highest BCUT2D eigenvalue weighted by atomic mass is 32.1. The highest BCUT2D eigenvalue weighted by molar-refractivity contribution is 7.26. The molecule has 45 heavy (non-hydrogen) atoms. The van der Waals surface area contributed by atoms with Gasteiger partial charge in [0, 0.05) is 37.3 Å². The molecule has 6 aromatic carbocycles. The molecular weight excluding hydrogens is 569 g/mol. The van der Waals surface area contributed by atoms with Crippen molar-refractivity contribution in [1.29, 1.82) is 0 Å². The zero-order valence-corrected chi connectivity index (χ0v) is 24.9. The van der Waals surface area contributed by atoms with Crippen molar-refractivity contribution in [1.82, 2.24) is 19.1 Å². The fourth-order valence-corrected chi connectivity index (χ4v) is 8.27. The molecule has 0 N–H and O–H groups in total. The van der Waals surface area contributed by atoms with Crippen LogP contribution in [0.3, 0.4) is 0 Å². The Kier molecular flexibility index (Phi) is 5.12. The van der Waals surface area contributed by atoms with Gasteiger partial charge in [-0.05, 0) is 53.6 Å². The van der Waals surface area contributed by atoms with Crippen molar-refractivity contribution in [3.05, 3.63) is 146 Å². The van der Waals surface area contributed by atoms with Gasteiger partial charge in [-0.3, -0.25) is 4.57 Å². The fraction of sp³-hybridized carbons (Fsp3) is 0. The molecule has 0 amide bonds. The summed E-state index contributed by atoms with van der Waals surface area (Å²) in [6.45, 7) is 0. The number of aromatic nitrogens is 4. The summed E-state index contributed by atoms with van der Waals surface area (Å²) in [5.74, 6) is 0.923. The van der Waals surface area contributed by atoms with Gasteiger partial charge in [-0.15, -0.1) is 11.3 Å². The lowest BCUT2D eigenvalue weighted by Gasteiger charge is -2.09. The van der Waals surface area contributed by atoms with E-state index in [-0.39, 0.29) is 0 Å². The Morgan fingerprint density at radius 1 is 0.444 bits per heavy atom. The van der Waals surface area contributed by atoms with Crippen molar-refractivity contribution >= 4 is 75.3 Å². The average Bonchev–Trinajstić information content (AvgIpc) is 3.76. The van der Waals surface area contributed by atoms with E-state index in [4.69, 9.17) is 9.97 Å². The first kappa shape index (κ1) is 24.6. The monoisotopic (exact) mass is 592 g/mol. The molecule has 0 aliphatic heterocycles. The molecule has 10 rings (SSSR count). The van der Waals surface area contributed by atoms with E-state index in [0.29, 0.717) is 0 Å². The molecule has 210 valence electrons.